The van der Waals surface area contributed by atoms with Crippen molar-refractivity contribution >= 4 is 16.4 Å². The van der Waals surface area contributed by atoms with Crippen molar-refractivity contribution in [3.05, 3.63) is 0 Å². The van der Waals surface area contributed by atoms with Crippen LogP contribution in [0.1, 0.15) is 117 Å². The first-order chi connectivity index (χ1) is 13.2. The van der Waals surface area contributed by atoms with Gasteiger partial charge < -0.3 is 4.74 Å². The van der Waals surface area contributed by atoms with Crippen molar-refractivity contribution in [3.63, 3.8) is 0 Å². The molecule has 0 radical (unpaired) electrons. The summed E-state index contributed by atoms with van der Waals surface area (Å²) in [6.45, 7) is 5.88. The number of hydrogen-bond acceptors (Lipinski definition) is 5. The Hall–Kier alpha value is -0.660. The van der Waals surface area contributed by atoms with Gasteiger partial charge in [0.25, 0.3) is 0 Å². The Morgan fingerprint density at radius 2 is 1.29 bits per heavy atom. The van der Waals surface area contributed by atoms with Crippen LogP contribution in [0.2, 0.25) is 0 Å². The molecule has 0 aliphatic rings. The van der Waals surface area contributed by atoms with Gasteiger partial charge in [0.15, 0.2) is 0 Å². The molecule has 6 nitrogen and oxygen atoms in total. The molecule has 0 aromatic rings. The Morgan fingerprint density at radius 1 is 0.821 bits per heavy atom. The van der Waals surface area contributed by atoms with E-state index in [-0.39, 0.29) is 12.1 Å². The molecule has 0 bridgehead atoms. The van der Waals surface area contributed by atoms with Crippen molar-refractivity contribution in [3.8, 4) is 0 Å². The minimum atomic E-state index is -4.40. The molecule has 0 fully saturated rings. The molecule has 7 heteroatoms. The minimum absolute atomic E-state index is 0.0661. The zero-order chi connectivity index (χ0) is 21.3. The fraction of sp³-hybridized carbons (Fsp3) is 0.952. The number of carbonyl (C=O) groups is 1. The Kier molecular flexibility index (Phi) is 16.8. The van der Waals surface area contributed by atoms with E-state index in [0.717, 1.165) is 51.4 Å². The van der Waals surface area contributed by atoms with Crippen LogP contribution in [0.25, 0.3) is 0 Å². The fourth-order valence-electron chi connectivity index (χ4n) is 3.24. The average molecular weight is 423 g/mol. The molecule has 0 amide bonds. The normalized spacial score (nSPS) is 13.0. The molecule has 1 unspecified atom stereocenters. The van der Waals surface area contributed by atoms with Crippen molar-refractivity contribution in [2.45, 2.75) is 129 Å². The SMILES string of the molecule is CCCCCCCCCC(CCCCCCCC(=O)OC(C)C)OS(=O)(=O)O. The summed E-state index contributed by atoms with van der Waals surface area (Å²) in [5, 5.41) is 0. The highest BCUT2D eigenvalue weighted by atomic mass is 32.3. The van der Waals surface area contributed by atoms with Crippen LogP contribution in [0, 0.1) is 0 Å². The highest BCUT2D eigenvalue weighted by molar-refractivity contribution is 7.80. The third-order valence-corrected chi connectivity index (χ3v) is 5.18. The van der Waals surface area contributed by atoms with E-state index in [9.17, 15) is 13.2 Å². The lowest BCUT2D eigenvalue weighted by Crippen LogP contribution is -2.18. The number of esters is 1. The highest BCUT2D eigenvalue weighted by Gasteiger charge is 2.16. The Morgan fingerprint density at radius 3 is 1.75 bits per heavy atom. The van der Waals surface area contributed by atoms with Crippen LogP contribution in [0.15, 0.2) is 0 Å². The molecule has 0 aliphatic heterocycles. The summed E-state index contributed by atoms with van der Waals surface area (Å²) in [5.41, 5.74) is 0. The number of unbranched alkanes of at least 4 members (excludes halogenated alkanes) is 10. The van der Waals surface area contributed by atoms with Gasteiger partial charge in [0.2, 0.25) is 0 Å². The number of carbonyl (C=O) groups excluding carboxylic acids is 1. The topological polar surface area (TPSA) is 89.9 Å². The summed E-state index contributed by atoms with van der Waals surface area (Å²) in [6, 6.07) is 0. The van der Waals surface area contributed by atoms with Gasteiger partial charge in [-0.15, -0.1) is 0 Å². The number of rotatable bonds is 19. The van der Waals surface area contributed by atoms with Gasteiger partial charge in [0.1, 0.15) is 0 Å². The van der Waals surface area contributed by atoms with Crippen LogP contribution in [0.3, 0.4) is 0 Å². The van der Waals surface area contributed by atoms with E-state index < -0.39 is 16.5 Å². The summed E-state index contributed by atoms with van der Waals surface area (Å²) < 4.78 is 41.0. The molecule has 0 aromatic carbocycles. The molecule has 168 valence electrons. The molecule has 0 heterocycles. The molecule has 0 saturated carbocycles. The van der Waals surface area contributed by atoms with Gasteiger partial charge in [0, 0.05) is 6.42 Å². The first-order valence-electron chi connectivity index (χ1n) is 11.1. The molecule has 0 saturated heterocycles. The molecule has 0 rings (SSSR count). The lowest BCUT2D eigenvalue weighted by Gasteiger charge is -2.15. The fourth-order valence-corrected chi connectivity index (χ4v) is 3.77. The van der Waals surface area contributed by atoms with Gasteiger partial charge >= 0.3 is 16.4 Å². The zero-order valence-corrected chi connectivity index (χ0v) is 19.0. The van der Waals surface area contributed by atoms with Crippen molar-refractivity contribution in [1.29, 1.82) is 0 Å². The first-order valence-corrected chi connectivity index (χ1v) is 12.5. The molecule has 1 atom stereocenters. The van der Waals surface area contributed by atoms with Gasteiger partial charge in [-0.3, -0.25) is 9.35 Å². The van der Waals surface area contributed by atoms with Crippen molar-refractivity contribution < 1.29 is 26.7 Å². The molecule has 0 aromatic heterocycles. The summed E-state index contributed by atoms with van der Waals surface area (Å²) in [6.07, 6.45) is 13.9. The van der Waals surface area contributed by atoms with Crippen LogP contribution < -0.4 is 0 Å². The van der Waals surface area contributed by atoms with Crippen LogP contribution in [-0.2, 0) is 24.1 Å². The second kappa shape index (κ2) is 17.2. The largest absolute Gasteiger partial charge is 0.463 e. The van der Waals surface area contributed by atoms with E-state index in [1.165, 1.54) is 25.7 Å². The second-order valence-electron chi connectivity index (χ2n) is 7.90. The number of hydrogen-bond donors (Lipinski definition) is 1. The predicted octanol–water partition coefficient (Wildman–Crippen LogP) is 6.00. The van der Waals surface area contributed by atoms with Crippen LogP contribution in [0.4, 0.5) is 0 Å². The van der Waals surface area contributed by atoms with Crippen LogP contribution in [0.5, 0.6) is 0 Å². The zero-order valence-electron chi connectivity index (χ0n) is 18.2. The van der Waals surface area contributed by atoms with E-state index in [0.29, 0.717) is 19.3 Å². The highest BCUT2D eigenvalue weighted by Crippen LogP contribution is 2.18. The smallest absolute Gasteiger partial charge is 0.397 e. The lowest BCUT2D eigenvalue weighted by atomic mass is 10.0. The molecular weight excluding hydrogens is 380 g/mol. The minimum Gasteiger partial charge on any atom is -0.463 e. The van der Waals surface area contributed by atoms with E-state index in [1.54, 1.807) is 0 Å². The lowest BCUT2D eigenvalue weighted by molar-refractivity contribution is -0.147. The first kappa shape index (κ1) is 27.3. The van der Waals surface area contributed by atoms with E-state index in [1.807, 2.05) is 13.8 Å². The van der Waals surface area contributed by atoms with Crippen molar-refractivity contribution in [2.75, 3.05) is 0 Å². The van der Waals surface area contributed by atoms with Crippen molar-refractivity contribution in [2.24, 2.45) is 0 Å². The Balaban J connectivity index is 3.86. The summed E-state index contributed by atoms with van der Waals surface area (Å²) in [4.78, 5) is 11.4. The molecule has 28 heavy (non-hydrogen) atoms. The monoisotopic (exact) mass is 422 g/mol. The Bertz CT molecular complexity index is 475. The summed E-state index contributed by atoms with van der Waals surface area (Å²) in [5.74, 6) is -0.147. The quantitative estimate of drug-likeness (QED) is 0.156. The maximum atomic E-state index is 11.4. The maximum Gasteiger partial charge on any atom is 0.397 e. The molecule has 0 spiro atoms. The van der Waals surface area contributed by atoms with Gasteiger partial charge in [-0.05, 0) is 33.1 Å². The summed E-state index contributed by atoms with van der Waals surface area (Å²) in [7, 11) is -4.40. The number of ether oxygens (including phenoxy) is 1. The standard InChI is InChI=1S/C21H42O6S/c1-4-5-6-7-8-10-13-16-20(27-28(23,24)25)17-14-11-9-12-15-18-21(22)26-19(2)3/h19-20H,4-18H2,1-3H3,(H,23,24,25). The Labute approximate surface area is 172 Å². The third kappa shape index (κ3) is 20.1. The second-order valence-corrected chi connectivity index (χ2v) is 8.95. The van der Waals surface area contributed by atoms with Gasteiger partial charge in [-0.25, -0.2) is 4.18 Å². The van der Waals surface area contributed by atoms with Crippen LogP contribution >= 0.6 is 0 Å². The van der Waals surface area contributed by atoms with Gasteiger partial charge in [-0.1, -0.05) is 77.6 Å². The molecule has 1 N–H and O–H groups in total. The van der Waals surface area contributed by atoms with Crippen molar-refractivity contribution in [1.82, 2.24) is 0 Å². The molecular formula is C21H42O6S. The van der Waals surface area contributed by atoms with Gasteiger partial charge in [0.05, 0.1) is 12.2 Å². The van der Waals surface area contributed by atoms with E-state index in [2.05, 4.69) is 6.92 Å². The van der Waals surface area contributed by atoms with E-state index >= 15 is 0 Å². The average Bonchev–Trinajstić information content (AvgIpc) is 2.57. The van der Waals surface area contributed by atoms with Crippen LogP contribution in [-0.4, -0.2) is 31.1 Å². The van der Waals surface area contributed by atoms with Gasteiger partial charge in [-0.2, -0.15) is 8.42 Å². The molecule has 0 aliphatic carbocycles. The maximum absolute atomic E-state index is 11.4. The van der Waals surface area contributed by atoms with E-state index in [4.69, 9.17) is 13.5 Å². The summed E-state index contributed by atoms with van der Waals surface area (Å²) >= 11 is 0. The predicted molar refractivity (Wildman–Crippen MR) is 113 cm³/mol. The third-order valence-electron chi connectivity index (χ3n) is 4.66.